The Bertz CT molecular complexity index is 434. The van der Waals surface area contributed by atoms with E-state index in [-0.39, 0.29) is 11.7 Å². The summed E-state index contributed by atoms with van der Waals surface area (Å²) in [4.78, 5) is 0.631. The van der Waals surface area contributed by atoms with Crippen LogP contribution in [0.5, 0.6) is 0 Å². The summed E-state index contributed by atoms with van der Waals surface area (Å²) in [5.41, 5.74) is -1.24. The van der Waals surface area contributed by atoms with Gasteiger partial charge in [0.25, 0.3) is 0 Å². The first-order valence-electron chi connectivity index (χ1n) is 5.27. The highest BCUT2D eigenvalue weighted by Crippen LogP contribution is 2.46. The number of hydrogen-bond donors (Lipinski definition) is 1. The minimum atomic E-state index is -4.32. The zero-order valence-corrected chi connectivity index (χ0v) is 10.3. The summed E-state index contributed by atoms with van der Waals surface area (Å²) < 4.78 is 38.4. The molecule has 0 spiro atoms. The minimum absolute atomic E-state index is 0.221. The molecule has 1 nitrogen and oxygen atoms in total. The first-order valence-corrected chi connectivity index (χ1v) is 6.15. The summed E-state index contributed by atoms with van der Waals surface area (Å²) in [6.45, 7) is 3.26. The Kier molecular flexibility index (Phi) is 2.94. The molecule has 1 aromatic carbocycles. The van der Waals surface area contributed by atoms with Gasteiger partial charge in [-0.1, -0.05) is 6.07 Å². The third-order valence-electron chi connectivity index (χ3n) is 2.89. The van der Waals surface area contributed by atoms with Gasteiger partial charge >= 0.3 is 6.18 Å². The molecule has 0 radical (unpaired) electrons. The molecule has 0 saturated carbocycles. The normalized spacial score (nSPS) is 20.5. The number of rotatable bonds is 1. The molecular formula is C12H13F3OS. The topological polar surface area (TPSA) is 20.2 Å². The summed E-state index contributed by atoms with van der Waals surface area (Å²) in [7, 11) is 0. The molecule has 5 heteroatoms. The predicted octanol–water partition coefficient (Wildman–Crippen LogP) is 3.49. The largest absolute Gasteiger partial charge is 0.416 e. The molecule has 0 aromatic heterocycles. The Morgan fingerprint density at radius 1 is 1.29 bits per heavy atom. The van der Waals surface area contributed by atoms with Crippen LogP contribution in [-0.2, 0) is 12.6 Å². The fourth-order valence-corrected chi connectivity index (χ4v) is 3.26. The molecule has 1 aliphatic rings. The smallest absolute Gasteiger partial charge is 0.389 e. The third kappa shape index (κ3) is 2.45. The molecule has 0 fully saturated rings. The van der Waals surface area contributed by atoms with Crippen LogP contribution in [0.4, 0.5) is 13.2 Å². The van der Waals surface area contributed by atoms with Gasteiger partial charge in [0.2, 0.25) is 0 Å². The lowest BCUT2D eigenvalue weighted by atomic mass is 9.95. The summed E-state index contributed by atoms with van der Waals surface area (Å²) in [5.74, 6) is 0. The van der Waals surface area contributed by atoms with Gasteiger partial charge in [0.1, 0.15) is 0 Å². The van der Waals surface area contributed by atoms with Gasteiger partial charge in [-0.15, -0.1) is 11.8 Å². The van der Waals surface area contributed by atoms with Gasteiger partial charge in [-0.05, 0) is 38.0 Å². The van der Waals surface area contributed by atoms with E-state index < -0.39 is 17.3 Å². The Hall–Kier alpha value is -0.680. The van der Waals surface area contributed by atoms with Gasteiger partial charge in [-0.2, -0.15) is 13.2 Å². The summed E-state index contributed by atoms with van der Waals surface area (Å²) in [6, 6.07) is 4.20. The van der Waals surface area contributed by atoms with E-state index in [0.29, 0.717) is 10.5 Å². The number of thioether (sulfide) groups is 1. The van der Waals surface area contributed by atoms with Crippen molar-refractivity contribution in [1.82, 2.24) is 0 Å². The lowest BCUT2D eigenvalue weighted by Crippen LogP contribution is -2.33. The Morgan fingerprint density at radius 3 is 2.47 bits per heavy atom. The van der Waals surface area contributed by atoms with Crippen LogP contribution < -0.4 is 0 Å². The fourth-order valence-electron chi connectivity index (χ4n) is 1.93. The Balaban J connectivity index is 2.39. The monoisotopic (exact) mass is 262 g/mol. The van der Waals surface area contributed by atoms with E-state index in [2.05, 4.69) is 0 Å². The molecule has 1 aromatic rings. The molecule has 1 atom stereocenters. The molecule has 1 N–H and O–H groups in total. The SMILES string of the molecule is CC(C)(O)C1Cc2c(cccc2C(F)(F)F)S1. The molecule has 0 amide bonds. The summed E-state index contributed by atoms with van der Waals surface area (Å²) in [6.07, 6.45) is -4.06. The molecule has 1 aliphatic heterocycles. The van der Waals surface area contributed by atoms with Gasteiger partial charge in [-0.25, -0.2) is 0 Å². The third-order valence-corrected chi connectivity index (χ3v) is 4.55. The maximum absolute atomic E-state index is 12.8. The van der Waals surface area contributed by atoms with Crippen molar-refractivity contribution in [2.45, 2.75) is 42.2 Å². The minimum Gasteiger partial charge on any atom is -0.389 e. The lowest BCUT2D eigenvalue weighted by Gasteiger charge is -2.24. The number of fused-ring (bicyclic) bond motifs is 1. The molecular weight excluding hydrogens is 249 g/mol. The maximum Gasteiger partial charge on any atom is 0.416 e. The van der Waals surface area contributed by atoms with Gasteiger partial charge in [0.15, 0.2) is 0 Å². The highest BCUT2D eigenvalue weighted by Gasteiger charge is 2.40. The van der Waals surface area contributed by atoms with E-state index in [4.69, 9.17) is 0 Å². The fraction of sp³-hybridized carbons (Fsp3) is 0.500. The van der Waals surface area contributed by atoms with Gasteiger partial charge in [-0.3, -0.25) is 0 Å². The molecule has 1 unspecified atom stereocenters. The number of halogens is 3. The van der Waals surface area contributed by atoms with Crippen LogP contribution in [0, 0.1) is 0 Å². The first kappa shape index (κ1) is 12.8. The number of hydrogen-bond acceptors (Lipinski definition) is 2. The number of aliphatic hydroxyl groups is 1. The van der Waals surface area contributed by atoms with Crippen molar-refractivity contribution >= 4 is 11.8 Å². The van der Waals surface area contributed by atoms with Crippen LogP contribution in [0.3, 0.4) is 0 Å². The van der Waals surface area contributed by atoms with E-state index in [0.717, 1.165) is 6.07 Å². The van der Waals surface area contributed by atoms with Crippen LogP contribution in [0.1, 0.15) is 25.0 Å². The average molecular weight is 262 g/mol. The summed E-state index contributed by atoms with van der Waals surface area (Å²) >= 11 is 1.32. The molecule has 17 heavy (non-hydrogen) atoms. The molecule has 0 aliphatic carbocycles. The van der Waals surface area contributed by atoms with E-state index in [1.807, 2.05) is 0 Å². The second kappa shape index (κ2) is 3.92. The van der Waals surface area contributed by atoms with Crippen molar-refractivity contribution in [1.29, 1.82) is 0 Å². The lowest BCUT2D eigenvalue weighted by molar-refractivity contribution is -0.138. The number of benzene rings is 1. The zero-order chi connectivity index (χ0) is 12.8. The summed E-state index contributed by atoms with van der Waals surface area (Å²) in [5, 5.41) is 9.66. The van der Waals surface area contributed by atoms with E-state index in [1.54, 1.807) is 19.9 Å². The standard InChI is InChI=1S/C12H13F3OS/c1-11(2,16)10-6-7-8(12(13,14)15)4-3-5-9(7)17-10/h3-5,10,16H,6H2,1-2H3. The highest BCUT2D eigenvalue weighted by atomic mass is 32.2. The van der Waals surface area contributed by atoms with E-state index in [1.165, 1.54) is 17.8 Å². The van der Waals surface area contributed by atoms with Crippen LogP contribution in [0.25, 0.3) is 0 Å². The molecule has 94 valence electrons. The van der Waals surface area contributed by atoms with Crippen LogP contribution in [0.15, 0.2) is 23.1 Å². The highest BCUT2D eigenvalue weighted by molar-refractivity contribution is 8.00. The zero-order valence-electron chi connectivity index (χ0n) is 9.51. The quantitative estimate of drug-likeness (QED) is 0.836. The van der Waals surface area contributed by atoms with Gasteiger partial charge in [0, 0.05) is 10.1 Å². The van der Waals surface area contributed by atoms with Crippen LogP contribution in [-0.4, -0.2) is 16.0 Å². The van der Waals surface area contributed by atoms with Crippen molar-refractivity contribution in [2.24, 2.45) is 0 Å². The first-order chi connectivity index (χ1) is 7.69. The molecule has 0 saturated heterocycles. The van der Waals surface area contributed by atoms with Crippen molar-refractivity contribution in [3.05, 3.63) is 29.3 Å². The Morgan fingerprint density at radius 2 is 1.94 bits per heavy atom. The van der Waals surface area contributed by atoms with Crippen LogP contribution >= 0.6 is 11.8 Å². The van der Waals surface area contributed by atoms with Crippen LogP contribution in [0.2, 0.25) is 0 Å². The average Bonchev–Trinajstić information content (AvgIpc) is 2.57. The van der Waals surface area contributed by atoms with E-state index >= 15 is 0 Å². The number of alkyl halides is 3. The second-order valence-electron chi connectivity index (χ2n) is 4.74. The molecule has 1 heterocycles. The van der Waals surface area contributed by atoms with Crippen molar-refractivity contribution in [3.63, 3.8) is 0 Å². The Labute approximate surface area is 102 Å². The van der Waals surface area contributed by atoms with Crippen molar-refractivity contribution in [2.75, 3.05) is 0 Å². The van der Waals surface area contributed by atoms with E-state index in [9.17, 15) is 18.3 Å². The predicted molar refractivity (Wildman–Crippen MR) is 61.1 cm³/mol. The van der Waals surface area contributed by atoms with Crippen molar-refractivity contribution < 1.29 is 18.3 Å². The maximum atomic E-state index is 12.8. The van der Waals surface area contributed by atoms with Gasteiger partial charge < -0.3 is 5.11 Å². The van der Waals surface area contributed by atoms with Gasteiger partial charge in [0.05, 0.1) is 11.2 Å². The molecule has 0 bridgehead atoms. The second-order valence-corrected chi connectivity index (χ2v) is 5.99. The molecule has 2 rings (SSSR count). The van der Waals surface area contributed by atoms with Crippen molar-refractivity contribution in [3.8, 4) is 0 Å².